The van der Waals surface area contributed by atoms with E-state index < -0.39 is 17.9 Å². The van der Waals surface area contributed by atoms with Crippen molar-refractivity contribution >= 4 is 11.9 Å². The summed E-state index contributed by atoms with van der Waals surface area (Å²) in [5.74, 6) is -1.15. The first-order valence-electron chi connectivity index (χ1n) is 6.73. The molecule has 0 bridgehead atoms. The molecule has 0 spiro atoms. The van der Waals surface area contributed by atoms with Gasteiger partial charge in [-0.05, 0) is 17.7 Å². The van der Waals surface area contributed by atoms with Crippen LogP contribution >= 0.6 is 0 Å². The van der Waals surface area contributed by atoms with Crippen molar-refractivity contribution in [2.45, 2.75) is 12.5 Å². The van der Waals surface area contributed by atoms with Gasteiger partial charge in [-0.25, -0.2) is 0 Å². The molecule has 1 amide bonds. The van der Waals surface area contributed by atoms with E-state index in [1.54, 1.807) is 43.4 Å². The topological polar surface area (TPSA) is 76.1 Å². The molecule has 6 nitrogen and oxygen atoms in total. The second-order valence-electron chi connectivity index (χ2n) is 4.95. The van der Waals surface area contributed by atoms with Crippen molar-refractivity contribution in [2.75, 3.05) is 27.4 Å². The van der Waals surface area contributed by atoms with Crippen molar-refractivity contribution in [1.29, 1.82) is 0 Å². The number of carbonyl (C=O) groups excluding carboxylic acids is 1. The Morgan fingerprint density at radius 1 is 1.33 bits per heavy atom. The highest BCUT2D eigenvalue weighted by molar-refractivity contribution is 5.87. The van der Waals surface area contributed by atoms with Crippen molar-refractivity contribution in [1.82, 2.24) is 4.90 Å². The van der Waals surface area contributed by atoms with Crippen LogP contribution in [0.3, 0.4) is 0 Å². The lowest BCUT2D eigenvalue weighted by Crippen LogP contribution is -2.33. The third-order valence-corrected chi connectivity index (χ3v) is 3.74. The van der Waals surface area contributed by atoms with Gasteiger partial charge in [0.25, 0.3) is 0 Å². The number of hydrogen-bond acceptors (Lipinski definition) is 4. The third kappa shape index (κ3) is 3.16. The number of methoxy groups -OCH3 is 2. The van der Waals surface area contributed by atoms with E-state index in [9.17, 15) is 14.7 Å². The Labute approximate surface area is 123 Å². The molecule has 1 aliphatic heterocycles. The average molecular weight is 293 g/mol. The lowest BCUT2D eigenvalue weighted by atomic mass is 9.93. The van der Waals surface area contributed by atoms with Crippen LogP contribution in [0.15, 0.2) is 24.3 Å². The summed E-state index contributed by atoms with van der Waals surface area (Å²) in [5, 5.41) is 9.37. The minimum Gasteiger partial charge on any atom is -0.497 e. The zero-order chi connectivity index (χ0) is 15.4. The Bertz CT molecular complexity index is 513. The molecule has 2 atom stereocenters. The SMILES string of the molecule is COCCN1C(=O)C[C@@H](C(=O)O)[C@@H]1c1ccc(OC)cc1. The lowest BCUT2D eigenvalue weighted by molar-refractivity contribution is -0.142. The molecule has 0 unspecified atom stereocenters. The quantitative estimate of drug-likeness (QED) is 0.856. The third-order valence-electron chi connectivity index (χ3n) is 3.74. The molecular formula is C15H19NO5. The highest BCUT2D eigenvalue weighted by Gasteiger charge is 2.44. The molecular weight excluding hydrogens is 274 g/mol. The summed E-state index contributed by atoms with van der Waals surface area (Å²) in [6.07, 6.45) is 0.0236. The van der Waals surface area contributed by atoms with Crippen molar-refractivity contribution in [3.8, 4) is 5.75 Å². The molecule has 6 heteroatoms. The maximum absolute atomic E-state index is 12.1. The summed E-state index contributed by atoms with van der Waals surface area (Å²) in [6, 6.07) is 6.68. The van der Waals surface area contributed by atoms with Crippen molar-refractivity contribution < 1.29 is 24.2 Å². The number of aliphatic carboxylic acids is 1. The number of likely N-dealkylation sites (tertiary alicyclic amines) is 1. The van der Waals surface area contributed by atoms with E-state index >= 15 is 0 Å². The summed E-state index contributed by atoms with van der Waals surface area (Å²) in [4.78, 5) is 25.1. The molecule has 1 aromatic rings. The normalized spacial score (nSPS) is 21.6. The standard InChI is InChI=1S/C15H19NO5/c1-20-8-7-16-13(17)9-12(15(18)19)14(16)10-3-5-11(21-2)6-4-10/h3-6,12,14H,7-9H2,1-2H3,(H,18,19)/t12-,14+/m1/s1. The second-order valence-corrected chi connectivity index (χ2v) is 4.95. The minimum atomic E-state index is -0.955. The average Bonchev–Trinajstić information content (AvgIpc) is 2.82. The molecule has 1 saturated heterocycles. The van der Waals surface area contributed by atoms with E-state index in [0.29, 0.717) is 18.9 Å². The number of rotatable bonds is 6. The first-order chi connectivity index (χ1) is 10.1. The minimum absolute atomic E-state index is 0.0236. The van der Waals surface area contributed by atoms with Gasteiger partial charge >= 0.3 is 5.97 Å². The zero-order valence-electron chi connectivity index (χ0n) is 12.1. The monoisotopic (exact) mass is 293 g/mol. The van der Waals surface area contributed by atoms with Crippen LogP contribution in [-0.2, 0) is 14.3 Å². The van der Waals surface area contributed by atoms with Crippen LogP contribution in [0.1, 0.15) is 18.0 Å². The first kappa shape index (κ1) is 15.3. The smallest absolute Gasteiger partial charge is 0.309 e. The largest absolute Gasteiger partial charge is 0.497 e. The molecule has 1 aromatic carbocycles. The molecule has 1 fully saturated rings. The van der Waals surface area contributed by atoms with E-state index in [2.05, 4.69) is 0 Å². The van der Waals surface area contributed by atoms with Crippen LogP contribution in [0.2, 0.25) is 0 Å². The molecule has 21 heavy (non-hydrogen) atoms. The molecule has 0 saturated carbocycles. The number of carboxylic acids is 1. The van der Waals surface area contributed by atoms with Gasteiger partial charge in [-0.15, -0.1) is 0 Å². The molecule has 2 rings (SSSR count). The summed E-state index contributed by atoms with van der Waals surface area (Å²) in [7, 11) is 3.12. The Kier molecular flexibility index (Phi) is 4.80. The molecule has 114 valence electrons. The second kappa shape index (κ2) is 6.58. The highest BCUT2D eigenvalue weighted by atomic mass is 16.5. The number of nitrogens with zero attached hydrogens (tertiary/aromatic N) is 1. The van der Waals surface area contributed by atoms with Gasteiger partial charge < -0.3 is 19.5 Å². The van der Waals surface area contributed by atoms with Crippen LogP contribution in [0.5, 0.6) is 5.75 Å². The Morgan fingerprint density at radius 2 is 2.00 bits per heavy atom. The van der Waals surface area contributed by atoms with Gasteiger partial charge in [-0.1, -0.05) is 12.1 Å². The molecule has 1 heterocycles. The Hall–Kier alpha value is -2.08. The number of hydrogen-bond donors (Lipinski definition) is 1. The summed E-state index contributed by atoms with van der Waals surface area (Å²) < 4.78 is 10.1. The molecule has 0 radical (unpaired) electrons. The number of carbonyl (C=O) groups is 2. The molecule has 0 aromatic heterocycles. The van der Waals surface area contributed by atoms with Crippen LogP contribution < -0.4 is 4.74 Å². The number of benzene rings is 1. The van der Waals surface area contributed by atoms with Crippen LogP contribution in [-0.4, -0.2) is 49.3 Å². The van der Waals surface area contributed by atoms with Gasteiger partial charge in [0.05, 0.1) is 25.7 Å². The zero-order valence-corrected chi connectivity index (χ0v) is 12.1. The van der Waals surface area contributed by atoms with Crippen LogP contribution in [0.25, 0.3) is 0 Å². The number of ether oxygens (including phenoxy) is 2. The predicted molar refractivity (Wildman–Crippen MR) is 75.1 cm³/mol. The fraction of sp³-hybridized carbons (Fsp3) is 0.467. The molecule has 1 aliphatic rings. The van der Waals surface area contributed by atoms with Gasteiger partial charge in [0.1, 0.15) is 5.75 Å². The van der Waals surface area contributed by atoms with Gasteiger partial charge in [0.15, 0.2) is 0 Å². The van der Waals surface area contributed by atoms with Gasteiger partial charge in [0, 0.05) is 20.1 Å². The van der Waals surface area contributed by atoms with Gasteiger partial charge in [0.2, 0.25) is 5.91 Å². The Morgan fingerprint density at radius 3 is 2.52 bits per heavy atom. The summed E-state index contributed by atoms with van der Waals surface area (Å²) in [6.45, 7) is 0.764. The van der Waals surface area contributed by atoms with Crippen LogP contribution in [0, 0.1) is 5.92 Å². The van der Waals surface area contributed by atoms with Crippen LogP contribution in [0.4, 0.5) is 0 Å². The van der Waals surface area contributed by atoms with E-state index in [1.807, 2.05) is 0 Å². The van der Waals surface area contributed by atoms with E-state index in [-0.39, 0.29) is 12.3 Å². The van der Waals surface area contributed by atoms with E-state index in [4.69, 9.17) is 9.47 Å². The fourth-order valence-electron chi connectivity index (χ4n) is 2.68. The number of amides is 1. The fourth-order valence-corrected chi connectivity index (χ4v) is 2.68. The highest BCUT2D eigenvalue weighted by Crippen LogP contribution is 2.38. The summed E-state index contributed by atoms with van der Waals surface area (Å²) in [5.41, 5.74) is 0.796. The van der Waals surface area contributed by atoms with Crippen molar-refractivity contribution in [3.63, 3.8) is 0 Å². The van der Waals surface area contributed by atoms with Crippen molar-refractivity contribution in [3.05, 3.63) is 29.8 Å². The van der Waals surface area contributed by atoms with Crippen molar-refractivity contribution in [2.24, 2.45) is 5.92 Å². The van der Waals surface area contributed by atoms with Gasteiger partial charge in [-0.2, -0.15) is 0 Å². The Balaban J connectivity index is 2.31. The predicted octanol–water partition coefficient (Wildman–Crippen LogP) is 1.32. The van der Waals surface area contributed by atoms with E-state index in [0.717, 1.165) is 5.56 Å². The molecule has 1 N–H and O–H groups in total. The molecule has 0 aliphatic carbocycles. The first-order valence-corrected chi connectivity index (χ1v) is 6.73. The van der Waals surface area contributed by atoms with E-state index in [1.165, 1.54) is 0 Å². The van der Waals surface area contributed by atoms with Gasteiger partial charge in [-0.3, -0.25) is 9.59 Å². The maximum Gasteiger partial charge on any atom is 0.309 e. The summed E-state index contributed by atoms with van der Waals surface area (Å²) >= 11 is 0. The maximum atomic E-state index is 12.1. The number of carboxylic acid groups (broad SMARTS) is 1. The lowest BCUT2D eigenvalue weighted by Gasteiger charge is -2.27.